The minimum Gasteiger partial charge on any atom is -0.305 e. The first-order chi connectivity index (χ1) is 14.7. The molecule has 1 amide bonds. The fraction of sp³-hybridized carbons (Fsp3) is 0.130. The minimum absolute atomic E-state index is 0.0778. The molecule has 0 saturated carbocycles. The first-order valence-electron chi connectivity index (χ1n) is 9.35. The zero-order valence-electron chi connectivity index (χ0n) is 16.2. The molecule has 0 spiro atoms. The summed E-state index contributed by atoms with van der Waals surface area (Å²) in [4.78, 5) is 18.7. The van der Waals surface area contributed by atoms with Crippen LogP contribution in [0, 0.1) is 29.1 Å². The maximum Gasteiger partial charge on any atom is 0.258 e. The SMILES string of the molecule is CC1CC(=Nc2ccc(F)cc2F)c2cc(F)ccc2N1C(=O)c1ccc(F)c(F)c1. The molecule has 0 bridgehead atoms. The van der Waals surface area contributed by atoms with Gasteiger partial charge in [0.1, 0.15) is 11.6 Å². The molecule has 3 aromatic rings. The van der Waals surface area contributed by atoms with Crippen LogP contribution in [-0.2, 0) is 0 Å². The van der Waals surface area contributed by atoms with Crippen molar-refractivity contribution in [1.29, 1.82) is 0 Å². The number of nitrogens with zero attached hydrogens (tertiary/aromatic N) is 2. The Morgan fingerprint density at radius 3 is 2.29 bits per heavy atom. The summed E-state index contributed by atoms with van der Waals surface area (Å²) in [7, 11) is 0. The number of carbonyl (C=O) groups excluding carboxylic acids is 1. The summed E-state index contributed by atoms with van der Waals surface area (Å²) >= 11 is 0. The first-order valence-corrected chi connectivity index (χ1v) is 9.35. The van der Waals surface area contributed by atoms with Gasteiger partial charge in [0, 0.05) is 29.7 Å². The molecule has 31 heavy (non-hydrogen) atoms. The number of hydrogen-bond acceptors (Lipinski definition) is 2. The molecule has 8 heteroatoms. The maximum atomic E-state index is 14.1. The number of anilines is 1. The molecule has 4 rings (SSSR count). The smallest absolute Gasteiger partial charge is 0.258 e. The third-order valence-electron chi connectivity index (χ3n) is 5.01. The van der Waals surface area contributed by atoms with Gasteiger partial charge in [0.2, 0.25) is 0 Å². The Bertz CT molecular complexity index is 1220. The second kappa shape index (κ2) is 7.94. The Hall–Kier alpha value is -3.55. The molecular weight excluding hydrogens is 415 g/mol. The zero-order valence-corrected chi connectivity index (χ0v) is 16.2. The highest BCUT2D eigenvalue weighted by atomic mass is 19.2. The first kappa shape index (κ1) is 20.7. The molecule has 0 N–H and O–H groups in total. The highest BCUT2D eigenvalue weighted by molar-refractivity contribution is 6.16. The van der Waals surface area contributed by atoms with Crippen molar-refractivity contribution in [2.75, 3.05) is 4.90 Å². The highest BCUT2D eigenvalue weighted by Gasteiger charge is 2.33. The van der Waals surface area contributed by atoms with Crippen LogP contribution < -0.4 is 4.90 Å². The summed E-state index contributed by atoms with van der Waals surface area (Å²) in [5, 5.41) is 0. The van der Waals surface area contributed by atoms with Gasteiger partial charge in [-0.1, -0.05) is 0 Å². The van der Waals surface area contributed by atoms with Crippen LogP contribution in [0.3, 0.4) is 0 Å². The van der Waals surface area contributed by atoms with Crippen molar-refractivity contribution in [3.63, 3.8) is 0 Å². The summed E-state index contributed by atoms with van der Waals surface area (Å²) in [6, 6.07) is 8.89. The predicted octanol–water partition coefficient (Wildman–Crippen LogP) is 5.94. The van der Waals surface area contributed by atoms with Gasteiger partial charge in [-0.15, -0.1) is 0 Å². The lowest BCUT2D eigenvalue weighted by molar-refractivity contribution is 0.0977. The molecule has 3 aromatic carbocycles. The van der Waals surface area contributed by atoms with Crippen LogP contribution in [0.4, 0.5) is 33.3 Å². The molecule has 158 valence electrons. The van der Waals surface area contributed by atoms with E-state index in [9.17, 15) is 26.7 Å². The van der Waals surface area contributed by atoms with Crippen LogP contribution in [-0.4, -0.2) is 17.7 Å². The Labute approximate surface area is 174 Å². The molecule has 1 heterocycles. The number of aliphatic imine (C=N–C) groups is 1. The van der Waals surface area contributed by atoms with Gasteiger partial charge in [0.15, 0.2) is 17.5 Å². The van der Waals surface area contributed by atoms with Crippen molar-refractivity contribution in [2.45, 2.75) is 19.4 Å². The molecule has 1 aliphatic heterocycles. The van der Waals surface area contributed by atoms with Gasteiger partial charge in [0.05, 0.1) is 17.1 Å². The summed E-state index contributed by atoms with van der Waals surface area (Å²) in [5.41, 5.74) is 0.640. The van der Waals surface area contributed by atoms with E-state index in [2.05, 4.69) is 4.99 Å². The van der Waals surface area contributed by atoms with Gasteiger partial charge in [-0.2, -0.15) is 0 Å². The van der Waals surface area contributed by atoms with Crippen molar-refractivity contribution in [3.8, 4) is 0 Å². The van der Waals surface area contributed by atoms with Crippen molar-refractivity contribution in [2.24, 2.45) is 4.99 Å². The monoisotopic (exact) mass is 430 g/mol. The van der Waals surface area contributed by atoms with E-state index in [1.54, 1.807) is 6.92 Å². The van der Waals surface area contributed by atoms with Crippen LogP contribution >= 0.6 is 0 Å². The quantitative estimate of drug-likeness (QED) is 0.463. The van der Waals surface area contributed by atoms with Gasteiger partial charge in [-0.3, -0.25) is 4.79 Å². The highest BCUT2D eigenvalue weighted by Crippen LogP contribution is 2.35. The van der Waals surface area contributed by atoms with Crippen molar-refractivity contribution < 1.29 is 26.7 Å². The molecule has 0 aliphatic carbocycles. The molecule has 0 radical (unpaired) electrons. The largest absolute Gasteiger partial charge is 0.305 e. The van der Waals surface area contributed by atoms with Crippen LogP contribution in [0.5, 0.6) is 0 Å². The van der Waals surface area contributed by atoms with E-state index in [0.29, 0.717) is 11.8 Å². The number of rotatable bonds is 2. The van der Waals surface area contributed by atoms with Crippen LogP contribution in [0.25, 0.3) is 0 Å². The minimum atomic E-state index is -1.16. The Balaban J connectivity index is 1.81. The second-order valence-corrected chi connectivity index (χ2v) is 7.17. The average molecular weight is 430 g/mol. The Kier molecular flexibility index (Phi) is 5.31. The van der Waals surface area contributed by atoms with Crippen molar-refractivity contribution >= 4 is 23.0 Å². The summed E-state index contributed by atoms with van der Waals surface area (Å²) in [6.07, 6.45) is 0.128. The van der Waals surface area contributed by atoms with E-state index < -0.39 is 41.0 Å². The number of fused-ring (bicyclic) bond motifs is 1. The van der Waals surface area contributed by atoms with Gasteiger partial charge in [0.25, 0.3) is 5.91 Å². The summed E-state index contributed by atoms with van der Waals surface area (Å²) in [5.74, 6) is -5.08. The van der Waals surface area contributed by atoms with Crippen LogP contribution in [0.2, 0.25) is 0 Å². The standard InChI is InChI=1S/C23H15F5N2O/c1-12-8-21(29-20-6-3-15(25)11-19(20)28)16-10-14(24)4-7-22(16)30(12)23(31)13-2-5-17(26)18(27)9-13/h2-7,9-12H,8H2,1H3. The Morgan fingerprint density at radius 1 is 0.871 bits per heavy atom. The molecule has 1 atom stereocenters. The van der Waals surface area contributed by atoms with Gasteiger partial charge < -0.3 is 4.90 Å². The van der Waals surface area contributed by atoms with E-state index in [0.717, 1.165) is 36.4 Å². The summed E-state index contributed by atoms with van der Waals surface area (Å²) < 4.78 is 68.2. The third-order valence-corrected chi connectivity index (χ3v) is 5.01. The second-order valence-electron chi connectivity index (χ2n) is 7.17. The van der Waals surface area contributed by atoms with E-state index >= 15 is 0 Å². The fourth-order valence-electron chi connectivity index (χ4n) is 3.57. The number of carbonyl (C=O) groups is 1. The number of hydrogen-bond donors (Lipinski definition) is 0. The summed E-state index contributed by atoms with van der Waals surface area (Å²) in [6.45, 7) is 1.70. The lowest BCUT2D eigenvalue weighted by Crippen LogP contribution is -2.44. The topological polar surface area (TPSA) is 32.7 Å². The zero-order chi connectivity index (χ0) is 22.3. The number of amides is 1. The normalized spacial score (nSPS) is 17.0. The van der Waals surface area contributed by atoms with Gasteiger partial charge in [-0.25, -0.2) is 26.9 Å². The Morgan fingerprint density at radius 2 is 1.58 bits per heavy atom. The lowest BCUT2D eigenvalue weighted by atomic mass is 9.93. The number of halogens is 5. The average Bonchev–Trinajstić information content (AvgIpc) is 2.72. The molecule has 0 fully saturated rings. The molecular formula is C23H15F5N2O. The fourth-order valence-corrected chi connectivity index (χ4v) is 3.57. The van der Waals surface area contributed by atoms with Crippen LogP contribution in [0.1, 0.15) is 29.3 Å². The molecule has 1 unspecified atom stereocenters. The predicted molar refractivity (Wildman–Crippen MR) is 106 cm³/mol. The van der Waals surface area contributed by atoms with E-state index in [1.165, 1.54) is 17.0 Å². The molecule has 3 nitrogen and oxygen atoms in total. The van der Waals surface area contributed by atoms with Crippen LogP contribution in [0.15, 0.2) is 59.6 Å². The van der Waals surface area contributed by atoms with Gasteiger partial charge in [-0.05, 0) is 55.5 Å². The van der Waals surface area contributed by atoms with Crippen molar-refractivity contribution in [3.05, 3.63) is 94.8 Å². The lowest BCUT2D eigenvalue weighted by Gasteiger charge is -2.36. The van der Waals surface area contributed by atoms with E-state index in [1.807, 2.05) is 0 Å². The van der Waals surface area contributed by atoms with E-state index in [-0.39, 0.29) is 28.9 Å². The molecule has 0 saturated heterocycles. The maximum absolute atomic E-state index is 14.1. The van der Waals surface area contributed by atoms with Crippen molar-refractivity contribution in [1.82, 2.24) is 0 Å². The molecule has 0 aromatic heterocycles. The number of benzene rings is 3. The third kappa shape index (κ3) is 3.93. The molecule has 1 aliphatic rings. The van der Waals surface area contributed by atoms with Gasteiger partial charge >= 0.3 is 0 Å². The van der Waals surface area contributed by atoms with E-state index in [4.69, 9.17) is 0 Å².